The van der Waals surface area contributed by atoms with E-state index in [1.807, 2.05) is 20.8 Å². The first kappa shape index (κ1) is 7.53. The maximum absolute atomic E-state index is 9.13. The van der Waals surface area contributed by atoms with Crippen LogP contribution in [0, 0.1) is 0 Å². The molecule has 66 valence electrons. The van der Waals surface area contributed by atoms with Crippen LogP contribution < -0.4 is 0 Å². The van der Waals surface area contributed by atoms with Crippen LogP contribution >= 0.6 is 0 Å². The van der Waals surface area contributed by atoms with Crippen molar-refractivity contribution in [2.45, 2.75) is 38.9 Å². The van der Waals surface area contributed by atoms with E-state index in [0.717, 1.165) is 11.5 Å². The van der Waals surface area contributed by atoms with E-state index in [2.05, 4.69) is 0 Å². The van der Waals surface area contributed by atoms with Crippen LogP contribution in [-0.2, 0) is 4.74 Å². The summed E-state index contributed by atoms with van der Waals surface area (Å²) in [4.78, 5) is 0. The van der Waals surface area contributed by atoms with E-state index >= 15 is 0 Å². The molecule has 0 aliphatic carbocycles. The largest absolute Gasteiger partial charge is 0.371 e. The minimum absolute atomic E-state index is 0.157. The van der Waals surface area contributed by atoms with E-state index in [-0.39, 0.29) is 11.7 Å². The molecule has 1 fully saturated rings. The zero-order valence-corrected chi connectivity index (χ0v) is 7.37. The van der Waals surface area contributed by atoms with Crippen LogP contribution in [-0.4, -0.2) is 35.0 Å². The zero-order chi connectivity index (χ0) is 9.35. The molecule has 0 amide bonds. The summed E-state index contributed by atoms with van der Waals surface area (Å²) in [5.41, 5.74) is -0.227. The fourth-order valence-electron chi connectivity index (χ4n) is 1.14. The van der Waals surface area contributed by atoms with Gasteiger partial charge in [0.05, 0.1) is 18.2 Å². The lowest BCUT2D eigenvalue weighted by molar-refractivity contribution is -0.101. The van der Waals surface area contributed by atoms with Gasteiger partial charge < -0.3 is 9.94 Å². The Morgan fingerprint density at radius 1 is 1.64 bits per heavy atom. The third kappa shape index (κ3) is 3.18. The van der Waals surface area contributed by atoms with Crippen LogP contribution in [0.15, 0.2) is 0 Å². The second kappa shape index (κ2) is 3.09. The van der Waals surface area contributed by atoms with Gasteiger partial charge in [0, 0.05) is 7.92 Å². The second-order valence-corrected chi connectivity index (χ2v) is 3.87. The van der Waals surface area contributed by atoms with Crippen molar-refractivity contribution in [3.8, 4) is 0 Å². The molecule has 3 nitrogen and oxygen atoms in total. The van der Waals surface area contributed by atoms with Crippen molar-refractivity contribution in [2.75, 3.05) is 13.1 Å². The lowest BCUT2D eigenvalue weighted by atomic mass is 10.2. The van der Waals surface area contributed by atoms with Gasteiger partial charge in [0.15, 0.2) is 0 Å². The van der Waals surface area contributed by atoms with Crippen LogP contribution in [0.1, 0.15) is 28.6 Å². The Hall–Kier alpha value is -0.120. The van der Waals surface area contributed by atoms with Crippen LogP contribution in [0.25, 0.3) is 0 Å². The number of nitrogens with zero attached hydrogens (tertiary/aromatic N) is 1. The first-order chi connectivity index (χ1) is 5.40. The van der Waals surface area contributed by atoms with E-state index in [4.69, 9.17) is 11.3 Å². The molecule has 1 saturated heterocycles. The predicted molar refractivity (Wildman–Crippen MR) is 42.6 cm³/mol. The summed E-state index contributed by atoms with van der Waals surface area (Å²) >= 11 is 0. The van der Waals surface area contributed by atoms with E-state index in [9.17, 15) is 0 Å². The fourth-order valence-corrected chi connectivity index (χ4v) is 1.14. The third-order valence-electron chi connectivity index (χ3n) is 1.49. The molecule has 1 rings (SSSR count). The van der Waals surface area contributed by atoms with Crippen molar-refractivity contribution >= 4 is 0 Å². The molecule has 1 aliphatic heterocycles. The fraction of sp³-hybridized carbons (Fsp3) is 1.00. The summed E-state index contributed by atoms with van der Waals surface area (Å²) in [5.74, 6) is 0. The van der Waals surface area contributed by atoms with Crippen LogP contribution in [0.5, 0.6) is 0 Å². The van der Waals surface area contributed by atoms with Gasteiger partial charge in [-0.2, -0.15) is 5.06 Å². The summed E-state index contributed by atoms with van der Waals surface area (Å²) in [5, 5.41) is 10.2. The normalized spacial score (nSPS) is 35.8. The van der Waals surface area contributed by atoms with Crippen LogP contribution in [0.3, 0.4) is 0 Å². The summed E-state index contributed by atoms with van der Waals surface area (Å²) in [6, 6.07) is 0. The number of hydrogen-bond donors (Lipinski definition) is 1. The Labute approximate surface area is 69.3 Å². The van der Waals surface area contributed by atoms with Crippen molar-refractivity contribution in [1.29, 1.82) is 0 Å². The molecule has 0 aromatic carbocycles. The minimum atomic E-state index is -0.621. The van der Waals surface area contributed by atoms with E-state index in [0.29, 0.717) is 6.54 Å². The Morgan fingerprint density at radius 3 is 2.64 bits per heavy atom. The maximum Gasteiger partial charge on any atom is 0.0745 e. The van der Waals surface area contributed by atoms with Crippen molar-refractivity contribution in [3.05, 3.63) is 0 Å². The van der Waals surface area contributed by atoms with Crippen LogP contribution in [0.4, 0.5) is 0 Å². The van der Waals surface area contributed by atoms with Crippen LogP contribution in [0.2, 0.25) is 0 Å². The lowest BCUT2D eigenvalue weighted by Gasteiger charge is -2.24. The van der Waals surface area contributed by atoms with Crippen molar-refractivity contribution in [2.24, 2.45) is 0 Å². The molecule has 0 radical (unpaired) electrons. The molecule has 0 aromatic rings. The van der Waals surface area contributed by atoms with Gasteiger partial charge in [-0.1, -0.05) is 0 Å². The quantitative estimate of drug-likeness (QED) is 0.627. The highest BCUT2D eigenvalue weighted by Crippen LogP contribution is 2.17. The summed E-state index contributed by atoms with van der Waals surface area (Å²) in [6.07, 6.45) is 0.581. The van der Waals surface area contributed by atoms with Crippen molar-refractivity contribution in [3.63, 3.8) is 0 Å². The smallest absolute Gasteiger partial charge is 0.0745 e. The molecule has 0 saturated carbocycles. The maximum atomic E-state index is 9.13. The van der Waals surface area contributed by atoms with Gasteiger partial charge in [-0.15, -0.1) is 0 Å². The Morgan fingerprint density at radius 2 is 2.27 bits per heavy atom. The molecule has 0 bridgehead atoms. The summed E-state index contributed by atoms with van der Waals surface area (Å²) < 4.78 is 13.1. The van der Waals surface area contributed by atoms with E-state index in [1.54, 1.807) is 0 Å². The van der Waals surface area contributed by atoms with Gasteiger partial charge in [-0.3, -0.25) is 0 Å². The number of hydrogen-bond acceptors (Lipinski definition) is 3. The predicted octanol–water partition coefficient (Wildman–Crippen LogP) is 1.27. The topological polar surface area (TPSA) is 32.7 Å². The highest BCUT2D eigenvalue weighted by atomic mass is 16.5. The van der Waals surface area contributed by atoms with Gasteiger partial charge >= 0.3 is 0 Å². The highest BCUT2D eigenvalue weighted by molar-refractivity contribution is 4.73. The molecule has 0 aromatic heterocycles. The molecule has 1 heterocycles. The van der Waals surface area contributed by atoms with E-state index < -0.39 is 6.52 Å². The number of rotatable bonds is 1. The number of ether oxygens (including phenoxy) is 1. The minimum Gasteiger partial charge on any atom is -0.371 e. The first-order valence-electron chi connectivity index (χ1n) is 4.53. The Kier molecular flexibility index (Phi) is 2.11. The lowest BCUT2D eigenvalue weighted by Crippen LogP contribution is -2.29. The first-order valence-corrected chi connectivity index (χ1v) is 3.96. The Bertz CT molecular complexity index is 158. The third-order valence-corrected chi connectivity index (χ3v) is 1.49. The molecular weight excluding hydrogens is 142 g/mol. The summed E-state index contributed by atoms with van der Waals surface area (Å²) in [7, 11) is 0. The van der Waals surface area contributed by atoms with Gasteiger partial charge in [-0.25, -0.2) is 0 Å². The average Bonchev–Trinajstić information content (AvgIpc) is 2.16. The molecule has 0 unspecified atom stereocenters. The van der Waals surface area contributed by atoms with Gasteiger partial charge in [-0.05, 0) is 27.2 Å². The van der Waals surface area contributed by atoms with Gasteiger partial charge in [0.1, 0.15) is 0 Å². The summed E-state index contributed by atoms with van der Waals surface area (Å²) in [6.45, 7) is 5.79. The van der Waals surface area contributed by atoms with Crippen molar-refractivity contribution in [1.82, 2.24) is 5.06 Å². The highest BCUT2D eigenvalue weighted by Gasteiger charge is 2.25. The standard InChI is InChI=1S/C8H17NO2/c1-8(2,3)11-7-4-5-9(10)6-7/h7,10H,4-6H2,1-3H3/t7-/m0/s1/i6D/t6-,7+/m1. The van der Waals surface area contributed by atoms with E-state index in [1.165, 1.54) is 0 Å². The van der Waals surface area contributed by atoms with Gasteiger partial charge in [0.2, 0.25) is 0 Å². The molecule has 3 heteroatoms. The molecular formula is C8H17NO2. The zero-order valence-electron chi connectivity index (χ0n) is 8.37. The SMILES string of the molecule is [2H][C@@H]1[C@@H](OC(C)(C)C)CCN1O. The molecule has 11 heavy (non-hydrogen) atoms. The second-order valence-electron chi connectivity index (χ2n) is 3.87. The molecule has 1 aliphatic rings. The Balaban J connectivity index is 2.44. The number of hydroxylamine groups is 2. The van der Waals surface area contributed by atoms with Crippen molar-refractivity contribution < 1.29 is 11.3 Å². The van der Waals surface area contributed by atoms with Gasteiger partial charge in [0.25, 0.3) is 0 Å². The monoisotopic (exact) mass is 160 g/mol. The molecule has 1 N–H and O–H groups in total. The molecule has 2 atom stereocenters. The average molecular weight is 160 g/mol. The molecule has 0 spiro atoms.